The predicted molar refractivity (Wildman–Crippen MR) is 199 cm³/mol. The Morgan fingerprint density at radius 3 is 1.57 bits per heavy atom. The largest absolute Gasteiger partial charge is 0.376 e. The first kappa shape index (κ1) is 35.0. The molecule has 0 saturated heterocycles. The zero-order valence-corrected chi connectivity index (χ0v) is 31.1. The van der Waals surface area contributed by atoms with Gasteiger partial charge in [-0.15, -0.1) is 0 Å². The van der Waals surface area contributed by atoms with E-state index < -0.39 is 0 Å². The van der Waals surface area contributed by atoms with E-state index in [9.17, 15) is 0 Å². The van der Waals surface area contributed by atoms with E-state index in [-0.39, 0.29) is 17.4 Å². The summed E-state index contributed by atoms with van der Waals surface area (Å²) >= 11 is 7.12. The van der Waals surface area contributed by atoms with Crippen molar-refractivity contribution in [3.05, 3.63) is 138 Å². The van der Waals surface area contributed by atoms with Crippen LogP contribution in [0.25, 0.3) is 0 Å². The molecule has 2 unspecified atom stereocenters. The van der Waals surface area contributed by atoms with Crippen molar-refractivity contribution in [1.82, 2.24) is 5.32 Å². The van der Waals surface area contributed by atoms with Gasteiger partial charge < -0.3 is 14.8 Å². The van der Waals surface area contributed by atoms with Crippen molar-refractivity contribution in [3.8, 4) is 0 Å². The van der Waals surface area contributed by atoms with Crippen LogP contribution >= 0.6 is 31.9 Å². The summed E-state index contributed by atoms with van der Waals surface area (Å²) in [5.41, 5.74) is 10.6. The summed E-state index contributed by atoms with van der Waals surface area (Å²) in [5, 5.41) is 4.28. The van der Waals surface area contributed by atoms with Gasteiger partial charge in [0.1, 0.15) is 0 Å². The molecule has 5 heteroatoms. The fraction of sp³-hybridized carbons (Fsp3) is 0.415. The highest BCUT2D eigenvalue weighted by atomic mass is 79.9. The highest BCUT2D eigenvalue weighted by Crippen LogP contribution is 2.43. The van der Waals surface area contributed by atoms with Gasteiger partial charge in [0.15, 0.2) is 0 Å². The maximum absolute atomic E-state index is 6.63. The highest BCUT2D eigenvalue weighted by Gasteiger charge is 2.42. The zero-order valence-electron chi connectivity index (χ0n) is 27.9. The molecular formula is C41H49Br2NO2. The molecule has 0 aromatic heterocycles. The second-order valence-corrected chi connectivity index (χ2v) is 15.1. The molecular weight excluding hydrogens is 698 g/mol. The smallest absolute Gasteiger partial charge is 0.0717 e. The van der Waals surface area contributed by atoms with Crippen LogP contribution in [0.5, 0.6) is 0 Å². The van der Waals surface area contributed by atoms with E-state index in [4.69, 9.17) is 9.47 Å². The van der Waals surface area contributed by atoms with Crippen molar-refractivity contribution in [2.45, 2.75) is 90.4 Å². The molecule has 5 rings (SSSR count). The van der Waals surface area contributed by atoms with Gasteiger partial charge >= 0.3 is 0 Å². The van der Waals surface area contributed by atoms with Crippen LogP contribution in [0, 0.1) is 27.7 Å². The van der Waals surface area contributed by atoms with Gasteiger partial charge in [-0.3, -0.25) is 0 Å². The first-order valence-corrected chi connectivity index (χ1v) is 18.4. The van der Waals surface area contributed by atoms with Gasteiger partial charge in [0, 0.05) is 32.9 Å². The van der Waals surface area contributed by atoms with Crippen LogP contribution in [0.4, 0.5) is 0 Å². The van der Waals surface area contributed by atoms with Crippen LogP contribution in [0.3, 0.4) is 0 Å². The van der Waals surface area contributed by atoms with Crippen molar-refractivity contribution < 1.29 is 9.47 Å². The minimum Gasteiger partial charge on any atom is -0.376 e. The highest BCUT2D eigenvalue weighted by molar-refractivity contribution is 9.10. The molecule has 1 aliphatic rings. The molecule has 46 heavy (non-hydrogen) atoms. The van der Waals surface area contributed by atoms with E-state index in [2.05, 4.69) is 150 Å². The molecule has 4 aromatic carbocycles. The van der Waals surface area contributed by atoms with Gasteiger partial charge in [-0.05, 0) is 109 Å². The Balaban J connectivity index is 1.42. The Labute approximate surface area is 293 Å². The second-order valence-electron chi connectivity index (χ2n) is 13.2. The Morgan fingerprint density at radius 1 is 0.609 bits per heavy atom. The van der Waals surface area contributed by atoms with Gasteiger partial charge in [-0.25, -0.2) is 0 Å². The molecule has 0 aliphatic heterocycles. The lowest BCUT2D eigenvalue weighted by atomic mass is 9.68. The molecule has 2 atom stereocenters. The first-order valence-electron chi connectivity index (χ1n) is 16.8. The minimum atomic E-state index is -0.0601. The van der Waals surface area contributed by atoms with Crippen molar-refractivity contribution >= 4 is 31.9 Å². The number of rotatable bonds is 14. The van der Waals surface area contributed by atoms with Crippen LogP contribution in [-0.2, 0) is 22.7 Å². The molecule has 1 aliphatic carbocycles. The summed E-state index contributed by atoms with van der Waals surface area (Å²) in [6.07, 6.45) is 6.04. The van der Waals surface area contributed by atoms with E-state index >= 15 is 0 Å². The SMILES string of the molecule is Cc1cccc(C)c1C(CNC1(C(COCc2ccc(Br)cc2)c2c(C)cccc2C)CCCCC1)COCc1ccc(Br)cc1. The molecule has 1 N–H and O–H groups in total. The Hall–Kier alpha value is -2.28. The summed E-state index contributed by atoms with van der Waals surface area (Å²) < 4.78 is 15.3. The summed E-state index contributed by atoms with van der Waals surface area (Å²) in [6, 6.07) is 30.3. The number of ether oxygens (including phenoxy) is 2. The standard InChI is InChI=1S/C41H49Br2NO2/c1-29-10-8-11-30(2)39(29)35(27-45-25-33-14-18-36(42)19-15-33)24-44-41(22-6-5-7-23-41)38(40-31(3)12-9-13-32(40)4)28-46-26-34-16-20-37(43)21-17-34/h8-21,35,38,44H,5-7,22-28H2,1-4H3. The maximum atomic E-state index is 6.63. The van der Waals surface area contributed by atoms with Crippen molar-refractivity contribution in [2.75, 3.05) is 19.8 Å². The molecule has 1 fully saturated rings. The van der Waals surface area contributed by atoms with Crippen LogP contribution in [0.1, 0.15) is 88.4 Å². The Kier molecular flexibility index (Phi) is 12.7. The summed E-state index contributed by atoms with van der Waals surface area (Å²) in [4.78, 5) is 0. The average molecular weight is 748 g/mol. The van der Waals surface area contributed by atoms with Crippen LogP contribution in [0.2, 0.25) is 0 Å². The van der Waals surface area contributed by atoms with Crippen LogP contribution < -0.4 is 5.32 Å². The number of benzene rings is 4. The third-order valence-electron chi connectivity index (χ3n) is 9.92. The minimum absolute atomic E-state index is 0.0601. The van der Waals surface area contributed by atoms with Gasteiger partial charge in [0.05, 0.1) is 26.4 Å². The lowest BCUT2D eigenvalue weighted by molar-refractivity contribution is 0.0570. The second kappa shape index (κ2) is 16.7. The quantitative estimate of drug-likeness (QED) is 0.139. The molecule has 0 amide bonds. The van der Waals surface area contributed by atoms with Crippen LogP contribution in [0.15, 0.2) is 93.9 Å². The third kappa shape index (κ3) is 8.99. The summed E-state index contributed by atoms with van der Waals surface area (Å²) in [6.45, 7) is 12.5. The number of nitrogens with one attached hydrogen (secondary N) is 1. The van der Waals surface area contributed by atoms with Gasteiger partial charge in [0.25, 0.3) is 0 Å². The molecule has 0 spiro atoms. The monoisotopic (exact) mass is 745 g/mol. The molecule has 3 nitrogen and oxygen atoms in total. The number of aryl methyl sites for hydroxylation is 4. The topological polar surface area (TPSA) is 30.5 Å². The predicted octanol–water partition coefficient (Wildman–Crippen LogP) is 11.0. The van der Waals surface area contributed by atoms with E-state index in [0.29, 0.717) is 26.4 Å². The fourth-order valence-electron chi connectivity index (χ4n) is 7.54. The summed E-state index contributed by atoms with van der Waals surface area (Å²) in [5.74, 6) is 0.476. The number of halogens is 2. The van der Waals surface area contributed by atoms with Gasteiger partial charge in [-0.1, -0.05) is 112 Å². The fourth-order valence-corrected chi connectivity index (χ4v) is 8.07. The van der Waals surface area contributed by atoms with E-state index in [0.717, 1.165) is 28.3 Å². The zero-order chi connectivity index (χ0) is 32.5. The van der Waals surface area contributed by atoms with E-state index in [1.54, 1.807) is 0 Å². The summed E-state index contributed by atoms with van der Waals surface area (Å²) in [7, 11) is 0. The Bertz CT molecular complexity index is 1500. The lowest BCUT2D eigenvalue weighted by Gasteiger charge is -2.46. The number of hydrogen-bond donors (Lipinski definition) is 1. The molecule has 0 radical (unpaired) electrons. The molecule has 0 heterocycles. The average Bonchev–Trinajstić information content (AvgIpc) is 3.04. The molecule has 4 aromatic rings. The molecule has 1 saturated carbocycles. The normalized spacial score (nSPS) is 15.9. The van der Waals surface area contributed by atoms with Crippen LogP contribution in [-0.4, -0.2) is 25.3 Å². The van der Waals surface area contributed by atoms with Gasteiger partial charge in [0.2, 0.25) is 0 Å². The van der Waals surface area contributed by atoms with Gasteiger partial charge in [-0.2, -0.15) is 0 Å². The first-order chi connectivity index (χ1) is 22.3. The number of hydrogen-bond acceptors (Lipinski definition) is 3. The lowest BCUT2D eigenvalue weighted by Crippen LogP contribution is -2.54. The third-order valence-corrected chi connectivity index (χ3v) is 11.0. The maximum Gasteiger partial charge on any atom is 0.0717 e. The van der Waals surface area contributed by atoms with Crippen molar-refractivity contribution in [1.29, 1.82) is 0 Å². The van der Waals surface area contributed by atoms with Crippen molar-refractivity contribution in [2.24, 2.45) is 0 Å². The van der Waals surface area contributed by atoms with E-state index in [1.807, 2.05) is 0 Å². The van der Waals surface area contributed by atoms with E-state index in [1.165, 1.54) is 63.8 Å². The molecule has 0 bridgehead atoms. The van der Waals surface area contributed by atoms with Crippen molar-refractivity contribution in [3.63, 3.8) is 0 Å². The Morgan fingerprint density at radius 2 is 1.07 bits per heavy atom. The molecule has 244 valence electrons.